The summed E-state index contributed by atoms with van der Waals surface area (Å²) in [7, 11) is 0. The molecule has 0 radical (unpaired) electrons. The summed E-state index contributed by atoms with van der Waals surface area (Å²) >= 11 is 0. The lowest BCUT2D eigenvalue weighted by Crippen LogP contribution is -2.52. The van der Waals surface area contributed by atoms with Crippen LogP contribution in [-0.4, -0.2) is 29.6 Å². The second-order valence-electron chi connectivity index (χ2n) is 7.92. The molecule has 3 aliphatic carbocycles. The molecular weight excluding hydrogens is 304 g/mol. The van der Waals surface area contributed by atoms with E-state index in [1.165, 1.54) is 0 Å². The van der Waals surface area contributed by atoms with Crippen LogP contribution in [0.25, 0.3) is 0 Å². The highest BCUT2D eigenvalue weighted by Crippen LogP contribution is 2.64. The van der Waals surface area contributed by atoms with E-state index in [-0.39, 0.29) is 24.1 Å². The molecule has 4 heteroatoms. The average molecular weight is 326 g/mol. The standard InChI is InChI=1S/C20H22O4/c1-19(2)22-16-13-11-15(17(16)23-19)20(10-6-9-14(13)20)24-18(21)12-7-4-3-5-8-12/h3-8,10,13-17H,9,11H2,1-2H3/t13-,14-,15-,16-,17+,20+/m0/s1. The summed E-state index contributed by atoms with van der Waals surface area (Å²) in [6.45, 7) is 3.94. The molecule has 2 saturated carbocycles. The maximum atomic E-state index is 12.7. The summed E-state index contributed by atoms with van der Waals surface area (Å²) in [4.78, 5) is 12.7. The Hall–Kier alpha value is -1.65. The number of carbonyl (C=O) groups is 1. The largest absolute Gasteiger partial charge is 0.450 e. The zero-order chi connectivity index (χ0) is 16.5. The van der Waals surface area contributed by atoms with Crippen LogP contribution in [0.3, 0.4) is 0 Å². The second-order valence-corrected chi connectivity index (χ2v) is 7.92. The third-order valence-electron chi connectivity index (χ3n) is 6.23. The van der Waals surface area contributed by atoms with Crippen molar-refractivity contribution >= 4 is 5.97 Å². The molecule has 4 aliphatic rings. The Morgan fingerprint density at radius 2 is 1.88 bits per heavy atom. The Morgan fingerprint density at radius 1 is 1.12 bits per heavy atom. The molecule has 4 nitrogen and oxygen atoms in total. The molecule has 0 aromatic heterocycles. The summed E-state index contributed by atoms with van der Waals surface area (Å²) in [6.07, 6.45) is 6.41. The van der Waals surface area contributed by atoms with E-state index in [9.17, 15) is 4.79 Å². The molecular formula is C20H22O4. The summed E-state index contributed by atoms with van der Waals surface area (Å²) in [5.41, 5.74) is 0.0805. The predicted octanol–water partition coefficient (Wildman–Crippen LogP) is 3.33. The number of ether oxygens (including phenoxy) is 3. The molecule has 1 heterocycles. The molecule has 1 aromatic rings. The average Bonchev–Trinajstić information content (AvgIpc) is 3.24. The minimum Gasteiger partial charge on any atom is -0.450 e. The van der Waals surface area contributed by atoms with Gasteiger partial charge in [0.15, 0.2) is 5.79 Å². The smallest absolute Gasteiger partial charge is 0.339 e. The lowest BCUT2D eigenvalue weighted by atomic mass is 9.74. The van der Waals surface area contributed by atoms with Crippen molar-refractivity contribution in [2.45, 2.75) is 50.3 Å². The van der Waals surface area contributed by atoms with Gasteiger partial charge in [0.2, 0.25) is 0 Å². The zero-order valence-corrected chi connectivity index (χ0v) is 14.0. The van der Waals surface area contributed by atoms with E-state index in [1.807, 2.05) is 32.0 Å². The van der Waals surface area contributed by atoms with Gasteiger partial charge >= 0.3 is 5.97 Å². The third kappa shape index (κ3) is 1.84. The van der Waals surface area contributed by atoms with Gasteiger partial charge in [-0.05, 0) is 50.8 Å². The minimum atomic E-state index is -0.542. The third-order valence-corrected chi connectivity index (χ3v) is 6.23. The molecule has 24 heavy (non-hydrogen) atoms. The van der Waals surface area contributed by atoms with Crippen LogP contribution in [0.15, 0.2) is 42.5 Å². The van der Waals surface area contributed by atoms with Gasteiger partial charge in [-0.2, -0.15) is 0 Å². The van der Waals surface area contributed by atoms with Gasteiger partial charge in [0.05, 0.1) is 17.8 Å². The molecule has 0 amide bonds. The summed E-state index contributed by atoms with van der Waals surface area (Å²) in [5, 5.41) is 0. The fourth-order valence-corrected chi connectivity index (χ4v) is 5.45. The van der Waals surface area contributed by atoms with Gasteiger partial charge in [0.25, 0.3) is 0 Å². The number of hydrogen-bond acceptors (Lipinski definition) is 4. The van der Waals surface area contributed by atoms with Crippen molar-refractivity contribution < 1.29 is 19.0 Å². The predicted molar refractivity (Wildman–Crippen MR) is 87.3 cm³/mol. The Morgan fingerprint density at radius 3 is 2.67 bits per heavy atom. The highest BCUT2D eigenvalue weighted by molar-refractivity contribution is 5.89. The normalized spacial score (nSPS) is 43.7. The fourth-order valence-electron chi connectivity index (χ4n) is 5.45. The van der Waals surface area contributed by atoms with E-state index in [0.717, 1.165) is 12.8 Å². The van der Waals surface area contributed by atoms with Crippen LogP contribution >= 0.6 is 0 Å². The van der Waals surface area contributed by atoms with E-state index in [1.54, 1.807) is 12.1 Å². The Bertz CT molecular complexity index is 710. The zero-order valence-electron chi connectivity index (χ0n) is 14.0. The van der Waals surface area contributed by atoms with E-state index in [0.29, 0.717) is 17.4 Å². The van der Waals surface area contributed by atoms with Crippen molar-refractivity contribution in [1.82, 2.24) is 0 Å². The Labute approximate surface area is 141 Å². The summed E-state index contributed by atoms with van der Waals surface area (Å²) in [6, 6.07) is 9.25. The first kappa shape index (κ1) is 14.7. The van der Waals surface area contributed by atoms with Gasteiger partial charge < -0.3 is 14.2 Å². The maximum absolute atomic E-state index is 12.7. The van der Waals surface area contributed by atoms with Gasteiger partial charge in [0, 0.05) is 11.8 Å². The lowest BCUT2D eigenvalue weighted by Gasteiger charge is -2.41. The molecule has 1 aromatic carbocycles. The quantitative estimate of drug-likeness (QED) is 0.618. The first-order chi connectivity index (χ1) is 11.5. The van der Waals surface area contributed by atoms with E-state index < -0.39 is 11.4 Å². The van der Waals surface area contributed by atoms with Crippen LogP contribution in [0.2, 0.25) is 0 Å². The van der Waals surface area contributed by atoms with Crippen LogP contribution in [0.5, 0.6) is 0 Å². The first-order valence-electron chi connectivity index (χ1n) is 8.82. The van der Waals surface area contributed by atoms with Crippen LogP contribution in [-0.2, 0) is 14.2 Å². The van der Waals surface area contributed by atoms with Crippen molar-refractivity contribution in [3.05, 3.63) is 48.0 Å². The SMILES string of the molecule is CC1(C)O[C@H]2[C@H]3C[C@@H]([C@H]2O1)[C@@]1(OC(=O)c2ccccc2)C=CC[C@@H]31. The number of rotatable bonds is 2. The highest BCUT2D eigenvalue weighted by Gasteiger charge is 2.71. The highest BCUT2D eigenvalue weighted by atomic mass is 16.8. The molecule has 6 atom stereocenters. The fraction of sp³-hybridized carbons (Fsp3) is 0.550. The van der Waals surface area contributed by atoms with Crippen molar-refractivity contribution in [1.29, 1.82) is 0 Å². The molecule has 2 bridgehead atoms. The topological polar surface area (TPSA) is 44.8 Å². The molecule has 1 saturated heterocycles. The lowest BCUT2D eigenvalue weighted by molar-refractivity contribution is -0.160. The monoisotopic (exact) mass is 326 g/mol. The minimum absolute atomic E-state index is 0.0209. The molecule has 0 spiro atoms. The summed E-state index contributed by atoms with van der Waals surface area (Å²) in [5.74, 6) is 0.119. The number of hydrogen-bond donors (Lipinski definition) is 0. The van der Waals surface area contributed by atoms with Crippen molar-refractivity contribution in [2.24, 2.45) is 17.8 Å². The van der Waals surface area contributed by atoms with E-state index >= 15 is 0 Å². The van der Waals surface area contributed by atoms with E-state index in [2.05, 4.69) is 12.2 Å². The molecule has 5 rings (SSSR count). The first-order valence-corrected chi connectivity index (χ1v) is 8.82. The van der Waals surface area contributed by atoms with Gasteiger partial charge in [-0.15, -0.1) is 0 Å². The van der Waals surface area contributed by atoms with Crippen molar-refractivity contribution in [2.75, 3.05) is 0 Å². The summed E-state index contributed by atoms with van der Waals surface area (Å²) < 4.78 is 18.5. The Balaban J connectivity index is 1.47. The van der Waals surface area contributed by atoms with Gasteiger partial charge in [0.1, 0.15) is 5.60 Å². The Kier molecular flexibility index (Phi) is 2.88. The van der Waals surface area contributed by atoms with Crippen LogP contribution in [0, 0.1) is 17.8 Å². The molecule has 3 fully saturated rings. The molecule has 0 unspecified atom stereocenters. The van der Waals surface area contributed by atoms with Crippen LogP contribution < -0.4 is 0 Å². The molecule has 0 N–H and O–H groups in total. The van der Waals surface area contributed by atoms with Gasteiger partial charge in [-0.25, -0.2) is 4.79 Å². The number of carbonyl (C=O) groups excluding carboxylic acids is 1. The molecule has 126 valence electrons. The number of esters is 1. The van der Waals surface area contributed by atoms with Gasteiger partial charge in [-0.1, -0.05) is 24.3 Å². The second kappa shape index (κ2) is 4.70. The maximum Gasteiger partial charge on any atom is 0.339 e. The van der Waals surface area contributed by atoms with Crippen LogP contribution in [0.4, 0.5) is 0 Å². The van der Waals surface area contributed by atoms with Crippen LogP contribution in [0.1, 0.15) is 37.0 Å². The number of benzene rings is 1. The van der Waals surface area contributed by atoms with E-state index in [4.69, 9.17) is 14.2 Å². The van der Waals surface area contributed by atoms with Gasteiger partial charge in [-0.3, -0.25) is 0 Å². The van der Waals surface area contributed by atoms with Crippen molar-refractivity contribution in [3.63, 3.8) is 0 Å². The number of allylic oxidation sites excluding steroid dienone is 1. The molecule has 1 aliphatic heterocycles. The number of fused-ring (bicyclic) bond motifs is 8. The van der Waals surface area contributed by atoms with Crippen molar-refractivity contribution in [3.8, 4) is 0 Å².